The van der Waals surface area contributed by atoms with Gasteiger partial charge in [0.25, 0.3) is 0 Å². The van der Waals surface area contributed by atoms with Crippen molar-refractivity contribution in [2.75, 3.05) is 12.8 Å². The third-order valence-corrected chi connectivity index (χ3v) is 3.45. The Hall–Kier alpha value is -2.19. The highest BCUT2D eigenvalue weighted by molar-refractivity contribution is 9.10. The van der Waals surface area contributed by atoms with E-state index in [-0.39, 0.29) is 0 Å². The van der Waals surface area contributed by atoms with Crippen molar-refractivity contribution < 1.29 is 9.47 Å². The molecule has 0 amide bonds. The molecule has 0 unspecified atom stereocenters. The lowest BCUT2D eigenvalue weighted by molar-refractivity contribution is 0.378. The third-order valence-electron chi connectivity index (χ3n) is 2.83. The van der Waals surface area contributed by atoms with Gasteiger partial charge in [0.2, 0.25) is 0 Å². The molecule has 4 nitrogen and oxygen atoms in total. The summed E-state index contributed by atoms with van der Waals surface area (Å²) in [5.41, 5.74) is 7.96. The van der Waals surface area contributed by atoms with E-state index in [1.165, 1.54) is 7.11 Å². The van der Waals surface area contributed by atoms with Gasteiger partial charge in [0.05, 0.1) is 23.2 Å². The molecule has 0 saturated carbocycles. The van der Waals surface area contributed by atoms with Gasteiger partial charge >= 0.3 is 0 Å². The predicted molar refractivity (Wildman–Crippen MR) is 81.1 cm³/mol. The number of ether oxygens (including phenoxy) is 2. The van der Waals surface area contributed by atoms with Crippen LogP contribution < -0.4 is 15.2 Å². The summed E-state index contributed by atoms with van der Waals surface area (Å²) in [7, 11) is 1.53. The van der Waals surface area contributed by atoms with Crippen molar-refractivity contribution in [2.24, 2.45) is 0 Å². The predicted octanol–water partition coefficient (Wildman–Crippen LogP) is 4.01. The van der Waals surface area contributed by atoms with Crippen molar-refractivity contribution in [1.82, 2.24) is 0 Å². The number of nitriles is 1. The topological polar surface area (TPSA) is 68.3 Å². The van der Waals surface area contributed by atoms with Crippen LogP contribution in [0.4, 0.5) is 5.69 Å². The molecule has 0 spiro atoms. The van der Waals surface area contributed by atoms with E-state index in [1.54, 1.807) is 24.3 Å². The molecule has 0 radical (unpaired) electrons. The van der Waals surface area contributed by atoms with Crippen LogP contribution in [0.25, 0.3) is 0 Å². The Morgan fingerprint density at radius 3 is 2.55 bits per heavy atom. The van der Waals surface area contributed by atoms with Crippen LogP contribution in [-0.2, 0) is 0 Å². The van der Waals surface area contributed by atoms with Crippen molar-refractivity contribution in [3.63, 3.8) is 0 Å². The van der Waals surface area contributed by atoms with Gasteiger partial charge in [-0.25, -0.2) is 0 Å². The lowest BCUT2D eigenvalue weighted by Gasteiger charge is -2.13. The van der Waals surface area contributed by atoms with Crippen LogP contribution in [-0.4, -0.2) is 7.11 Å². The summed E-state index contributed by atoms with van der Waals surface area (Å²) in [6.45, 7) is 1.91. The Morgan fingerprint density at radius 2 is 1.90 bits per heavy atom. The monoisotopic (exact) mass is 332 g/mol. The number of methoxy groups -OCH3 is 1. The quantitative estimate of drug-likeness (QED) is 0.862. The summed E-state index contributed by atoms with van der Waals surface area (Å²) in [4.78, 5) is 0. The molecule has 0 aliphatic rings. The Kier molecular flexibility index (Phi) is 4.16. The van der Waals surface area contributed by atoms with Crippen LogP contribution >= 0.6 is 15.9 Å². The van der Waals surface area contributed by atoms with Gasteiger partial charge < -0.3 is 15.2 Å². The molecule has 20 heavy (non-hydrogen) atoms. The first kappa shape index (κ1) is 14.2. The smallest absolute Gasteiger partial charge is 0.169 e. The van der Waals surface area contributed by atoms with Crippen molar-refractivity contribution in [2.45, 2.75) is 6.92 Å². The number of nitrogen functional groups attached to an aromatic ring is 1. The molecule has 0 heterocycles. The summed E-state index contributed by atoms with van der Waals surface area (Å²) in [6.07, 6.45) is 0. The van der Waals surface area contributed by atoms with Crippen LogP contribution in [0.5, 0.6) is 17.2 Å². The molecule has 0 atom stereocenters. The van der Waals surface area contributed by atoms with Gasteiger partial charge in [-0.05, 0) is 52.7 Å². The molecule has 0 aromatic heterocycles. The molecule has 0 fully saturated rings. The Bertz CT molecular complexity index is 693. The second-order valence-corrected chi connectivity index (χ2v) is 5.07. The lowest BCUT2D eigenvalue weighted by atomic mass is 10.2. The molecule has 0 saturated heterocycles. The first-order chi connectivity index (χ1) is 9.55. The van der Waals surface area contributed by atoms with E-state index >= 15 is 0 Å². The molecule has 2 N–H and O–H groups in total. The van der Waals surface area contributed by atoms with E-state index in [4.69, 9.17) is 20.5 Å². The average Bonchev–Trinajstić information content (AvgIpc) is 2.45. The molecular formula is C15H13BrN2O2. The number of halogens is 1. The van der Waals surface area contributed by atoms with E-state index < -0.39 is 0 Å². The van der Waals surface area contributed by atoms with Gasteiger partial charge in [0.1, 0.15) is 5.75 Å². The molecule has 2 aromatic carbocycles. The highest BCUT2D eigenvalue weighted by Crippen LogP contribution is 2.37. The van der Waals surface area contributed by atoms with Gasteiger partial charge in [0, 0.05) is 11.8 Å². The maximum atomic E-state index is 8.88. The van der Waals surface area contributed by atoms with E-state index in [2.05, 4.69) is 22.0 Å². The number of hydrogen-bond acceptors (Lipinski definition) is 4. The SMILES string of the molecule is COc1cc(C#N)ccc1Oc1cc(C)c(N)cc1Br. The Labute approximate surface area is 125 Å². The zero-order chi connectivity index (χ0) is 14.7. The molecule has 0 aliphatic heterocycles. The minimum absolute atomic E-state index is 0.505. The zero-order valence-electron chi connectivity index (χ0n) is 11.1. The number of hydrogen-bond donors (Lipinski definition) is 1. The first-order valence-electron chi connectivity index (χ1n) is 5.86. The van der Waals surface area contributed by atoms with Gasteiger partial charge in [-0.3, -0.25) is 0 Å². The van der Waals surface area contributed by atoms with Crippen molar-refractivity contribution >= 4 is 21.6 Å². The Morgan fingerprint density at radius 1 is 1.15 bits per heavy atom. The number of nitrogens with two attached hydrogens (primary N) is 1. The molecule has 102 valence electrons. The highest BCUT2D eigenvalue weighted by Gasteiger charge is 2.10. The standard InChI is InChI=1S/C15H13BrN2O2/c1-9-5-14(11(16)7-12(9)18)20-13-4-3-10(8-17)6-15(13)19-2/h3-7H,18H2,1-2H3. The fourth-order valence-electron chi connectivity index (χ4n) is 1.69. The molecule has 0 bridgehead atoms. The van der Waals surface area contributed by atoms with E-state index in [9.17, 15) is 0 Å². The van der Waals surface area contributed by atoms with Crippen molar-refractivity contribution in [1.29, 1.82) is 5.26 Å². The third kappa shape index (κ3) is 2.86. The number of anilines is 1. The fourth-order valence-corrected chi connectivity index (χ4v) is 2.13. The average molecular weight is 333 g/mol. The highest BCUT2D eigenvalue weighted by atomic mass is 79.9. The fraction of sp³-hybridized carbons (Fsp3) is 0.133. The second-order valence-electron chi connectivity index (χ2n) is 4.22. The van der Waals surface area contributed by atoms with Gasteiger partial charge in [-0.2, -0.15) is 5.26 Å². The van der Waals surface area contributed by atoms with Crippen LogP contribution in [0.2, 0.25) is 0 Å². The van der Waals surface area contributed by atoms with Crippen molar-refractivity contribution in [3.8, 4) is 23.3 Å². The molecule has 5 heteroatoms. The van der Waals surface area contributed by atoms with Crippen LogP contribution in [0.3, 0.4) is 0 Å². The summed E-state index contributed by atoms with van der Waals surface area (Å²) < 4.78 is 11.8. The van der Waals surface area contributed by atoms with Gasteiger partial charge in [0.15, 0.2) is 11.5 Å². The molecular weight excluding hydrogens is 320 g/mol. The summed E-state index contributed by atoms with van der Waals surface area (Å²) >= 11 is 3.42. The summed E-state index contributed by atoms with van der Waals surface area (Å²) in [5, 5.41) is 8.88. The summed E-state index contributed by atoms with van der Waals surface area (Å²) in [6, 6.07) is 10.7. The Balaban J connectivity index is 2.40. The van der Waals surface area contributed by atoms with Crippen LogP contribution in [0.15, 0.2) is 34.8 Å². The van der Waals surface area contributed by atoms with E-state index in [0.717, 1.165) is 10.0 Å². The van der Waals surface area contributed by atoms with E-state index in [0.29, 0.717) is 28.5 Å². The van der Waals surface area contributed by atoms with Crippen molar-refractivity contribution in [3.05, 3.63) is 45.9 Å². The second kappa shape index (κ2) is 5.85. The largest absolute Gasteiger partial charge is 0.493 e. The summed E-state index contributed by atoms with van der Waals surface area (Å²) in [5.74, 6) is 1.68. The van der Waals surface area contributed by atoms with E-state index in [1.807, 2.05) is 13.0 Å². The minimum atomic E-state index is 0.505. The maximum absolute atomic E-state index is 8.88. The first-order valence-corrected chi connectivity index (χ1v) is 6.66. The van der Waals surface area contributed by atoms with Gasteiger partial charge in [-0.15, -0.1) is 0 Å². The maximum Gasteiger partial charge on any atom is 0.169 e. The number of aryl methyl sites for hydroxylation is 1. The van der Waals surface area contributed by atoms with Gasteiger partial charge in [-0.1, -0.05) is 0 Å². The zero-order valence-corrected chi connectivity index (χ0v) is 12.7. The number of rotatable bonds is 3. The molecule has 2 aromatic rings. The molecule has 2 rings (SSSR count). The van der Waals surface area contributed by atoms with Crippen LogP contribution in [0, 0.1) is 18.3 Å². The number of nitrogens with zero attached hydrogens (tertiary/aromatic N) is 1. The number of benzene rings is 2. The lowest BCUT2D eigenvalue weighted by Crippen LogP contribution is -1.94. The molecule has 0 aliphatic carbocycles. The van der Waals surface area contributed by atoms with Crippen LogP contribution in [0.1, 0.15) is 11.1 Å². The normalized spacial score (nSPS) is 9.90. The minimum Gasteiger partial charge on any atom is -0.493 e.